The van der Waals surface area contributed by atoms with E-state index < -0.39 is 0 Å². The molecule has 0 saturated carbocycles. The van der Waals surface area contributed by atoms with Crippen molar-refractivity contribution >= 4 is 39.8 Å². The molecule has 0 aliphatic heterocycles. The van der Waals surface area contributed by atoms with Gasteiger partial charge in [0.2, 0.25) is 0 Å². The van der Waals surface area contributed by atoms with Crippen molar-refractivity contribution in [1.29, 1.82) is 0 Å². The molecule has 0 spiro atoms. The van der Waals surface area contributed by atoms with Crippen LogP contribution in [-0.2, 0) is 5.75 Å². The predicted molar refractivity (Wildman–Crippen MR) is 73.4 cm³/mol. The van der Waals surface area contributed by atoms with Gasteiger partial charge < -0.3 is 5.73 Å². The molecule has 0 amide bonds. The fourth-order valence-electron chi connectivity index (χ4n) is 1.57. The summed E-state index contributed by atoms with van der Waals surface area (Å²) in [5.41, 5.74) is 8.50. The first-order valence-electron chi connectivity index (χ1n) is 5.23. The molecule has 0 unspecified atom stereocenters. The van der Waals surface area contributed by atoms with Crippen LogP contribution in [0.4, 0.5) is 5.82 Å². The lowest BCUT2D eigenvalue weighted by Gasteiger charge is -2.03. The first kappa shape index (κ1) is 11.4. The fraction of sp³-hybridized carbons (Fsp3) is 0.0909. The molecule has 3 aromatic rings. The van der Waals surface area contributed by atoms with E-state index in [1.165, 1.54) is 11.3 Å². The van der Waals surface area contributed by atoms with Crippen LogP contribution in [0.1, 0.15) is 5.82 Å². The summed E-state index contributed by atoms with van der Waals surface area (Å²) in [6.45, 7) is 0. The smallest absolute Gasteiger partial charge is 0.174 e. The van der Waals surface area contributed by atoms with Crippen LogP contribution in [0.5, 0.6) is 0 Å². The maximum atomic E-state index is 5.92. The fourth-order valence-corrected chi connectivity index (χ4v) is 2.91. The van der Waals surface area contributed by atoms with Crippen molar-refractivity contribution in [2.75, 3.05) is 5.73 Å². The maximum absolute atomic E-state index is 5.92. The molecule has 3 rings (SSSR count). The summed E-state index contributed by atoms with van der Waals surface area (Å²) >= 11 is 3.07. The van der Waals surface area contributed by atoms with Gasteiger partial charge in [-0.25, -0.2) is 9.97 Å². The highest BCUT2D eigenvalue weighted by Gasteiger charge is 2.06. The zero-order chi connectivity index (χ0) is 12.4. The van der Waals surface area contributed by atoms with Gasteiger partial charge in [-0.05, 0) is 12.1 Å². The molecule has 0 radical (unpaired) electrons. The number of thioether (sulfide) groups is 1. The van der Waals surface area contributed by atoms with Crippen LogP contribution in [-0.4, -0.2) is 20.2 Å². The molecule has 18 heavy (non-hydrogen) atoms. The second kappa shape index (κ2) is 4.87. The van der Waals surface area contributed by atoms with Gasteiger partial charge >= 0.3 is 0 Å². The molecule has 2 aromatic heterocycles. The SMILES string of the molecule is Nc1nc(CSc2nncs2)nc2ccccc12. The molecule has 0 fully saturated rings. The Morgan fingerprint density at radius 1 is 1.22 bits per heavy atom. The molecular weight excluding hydrogens is 266 g/mol. The number of hydrogen-bond donors (Lipinski definition) is 1. The molecule has 2 N–H and O–H groups in total. The van der Waals surface area contributed by atoms with Crippen molar-refractivity contribution in [3.8, 4) is 0 Å². The molecule has 0 bridgehead atoms. The Morgan fingerprint density at radius 3 is 2.94 bits per heavy atom. The summed E-state index contributed by atoms with van der Waals surface area (Å²) in [7, 11) is 0. The van der Waals surface area contributed by atoms with Crippen molar-refractivity contribution in [1.82, 2.24) is 20.2 Å². The summed E-state index contributed by atoms with van der Waals surface area (Å²) < 4.78 is 0.908. The molecule has 0 aliphatic rings. The van der Waals surface area contributed by atoms with Crippen LogP contribution in [0.25, 0.3) is 10.9 Å². The Hall–Kier alpha value is -1.73. The van der Waals surface area contributed by atoms with E-state index in [-0.39, 0.29) is 0 Å². The Bertz CT molecular complexity index is 668. The summed E-state index contributed by atoms with van der Waals surface area (Å²) in [5, 5.41) is 8.64. The minimum Gasteiger partial charge on any atom is -0.383 e. The second-order valence-electron chi connectivity index (χ2n) is 3.54. The third-order valence-electron chi connectivity index (χ3n) is 2.34. The van der Waals surface area contributed by atoms with E-state index in [0.717, 1.165) is 15.2 Å². The Labute approximate surface area is 111 Å². The summed E-state index contributed by atoms with van der Waals surface area (Å²) in [6, 6.07) is 7.73. The van der Waals surface area contributed by atoms with E-state index in [2.05, 4.69) is 20.2 Å². The number of anilines is 1. The van der Waals surface area contributed by atoms with E-state index in [1.54, 1.807) is 17.3 Å². The normalized spacial score (nSPS) is 10.9. The molecular formula is C11H9N5S2. The van der Waals surface area contributed by atoms with Crippen molar-refractivity contribution in [2.24, 2.45) is 0 Å². The highest BCUT2D eigenvalue weighted by atomic mass is 32.2. The van der Waals surface area contributed by atoms with Crippen LogP contribution in [0.3, 0.4) is 0 Å². The number of fused-ring (bicyclic) bond motifs is 1. The number of nitrogens with zero attached hydrogens (tertiary/aromatic N) is 4. The Morgan fingerprint density at radius 2 is 2.11 bits per heavy atom. The van der Waals surface area contributed by atoms with Gasteiger partial charge in [-0.15, -0.1) is 10.2 Å². The van der Waals surface area contributed by atoms with Gasteiger partial charge in [0.15, 0.2) is 4.34 Å². The van der Waals surface area contributed by atoms with Crippen LogP contribution < -0.4 is 5.73 Å². The first-order chi connectivity index (χ1) is 8.83. The van der Waals surface area contributed by atoms with E-state index in [0.29, 0.717) is 17.4 Å². The summed E-state index contributed by atoms with van der Waals surface area (Å²) in [4.78, 5) is 8.78. The van der Waals surface area contributed by atoms with Crippen LogP contribution >= 0.6 is 23.1 Å². The van der Waals surface area contributed by atoms with Crippen LogP contribution in [0.2, 0.25) is 0 Å². The van der Waals surface area contributed by atoms with E-state index in [4.69, 9.17) is 5.73 Å². The lowest BCUT2D eigenvalue weighted by Crippen LogP contribution is -1.99. The zero-order valence-corrected chi connectivity index (χ0v) is 10.9. The molecule has 7 heteroatoms. The number of nitrogen functional groups attached to an aromatic ring is 1. The third-order valence-corrected chi connectivity index (χ3v) is 4.20. The number of hydrogen-bond acceptors (Lipinski definition) is 7. The van der Waals surface area contributed by atoms with Crippen LogP contribution in [0, 0.1) is 0 Å². The van der Waals surface area contributed by atoms with E-state index >= 15 is 0 Å². The van der Waals surface area contributed by atoms with Gasteiger partial charge in [0, 0.05) is 5.39 Å². The molecule has 0 saturated heterocycles. The van der Waals surface area contributed by atoms with Crippen molar-refractivity contribution in [3.63, 3.8) is 0 Å². The lowest BCUT2D eigenvalue weighted by molar-refractivity contribution is 1.01. The van der Waals surface area contributed by atoms with E-state index in [9.17, 15) is 0 Å². The number of rotatable bonds is 3. The standard InChI is InChI=1S/C11H9N5S2/c12-10-7-3-1-2-4-8(7)14-9(15-10)5-17-11-16-13-6-18-11/h1-4,6H,5H2,(H2,12,14,15). The van der Waals surface area contributed by atoms with Gasteiger partial charge in [0.1, 0.15) is 17.2 Å². The maximum Gasteiger partial charge on any atom is 0.174 e. The molecule has 0 aliphatic carbocycles. The number of aromatic nitrogens is 4. The van der Waals surface area contributed by atoms with Crippen molar-refractivity contribution < 1.29 is 0 Å². The second-order valence-corrected chi connectivity index (χ2v) is 5.59. The largest absolute Gasteiger partial charge is 0.383 e. The first-order valence-corrected chi connectivity index (χ1v) is 7.09. The Kier molecular flexibility index (Phi) is 3.07. The quantitative estimate of drug-likeness (QED) is 0.739. The number of para-hydroxylation sites is 1. The molecule has 90 valence electrons. The monoisotopic (exact) mass is 275 g/mol. The topological polar surface area (TPSA) is 77.6 Å². The average Bonchev–Trinajstić information content (AvgIpc) is 2.90. The summed E-state index contributed by atoms with van der Waals surface area (Å²) in [5.74, 6) is 1.88. The van der Waals surface area contributed by atoms with Crippen LogP contribution in [0.15, 0.2) is 34.1 Å². The minimum absolute atomic E-state index is 0.522. The van der Waals surface area contributed by atoms with Gasteiger partial charge in [0.05, 0.1) is 11.3 Å². The highest BCUT2D eigenvalue weighted by Crippen LogP contribution is 2.24. The molecule has 1 aromatic carbocycles. The molecule has 0 atom stereocenters. The predicted octanol–water partition coefficient (Wildman–Crippen LogP) is 2.36. The molecule has 5 nitrogen and oxygen atoms in total. The van der Waals surface area contributed by atoms with Gasteiger partial charge in [-0.1, -0.05) is 35.2 Å². The zero-order valence-electron chi connectivity index (χ0n) is 9.28. The van der Waals surface area contributed by atoms with E-state index in [1.807, 2.05) is 24.3 Å². The lowest BCUT2D eigenvalue weighted by atomic mass is 10.2. The minimum atomic E-state index is 0.522. The average molecular weight is 275 g/mol. The number of nitrogens with two attached hydrogens (primary N) is 1. The van der Waals surface area contributed by atoms with Gasteiger partial charge in [0.25, 0.3) is 0 Å². The summed E-state index contributed by atoms with van der Waals surface area (Å²) in [6.07, 6.45) is 0. The van der Waals surface area contributed by atoms with Gasteiger partial charge in [-0.3, -0.25) is 0 Å². The van der Waals surface area contributed by atoms with Crippen molar-refractivity contribution in [2.45, 2.75) is 10.1 Å². The van der Waals surface area contributed by atoms with Gasteiger partial charge in [-0.2, -0.15) is 0 Å². The third kappa shape index (κ3) is 2.27. The molecule has 2 heterocycles. The Balaban J connectivity index is 1.88. The van der Waals surface area contributed by atoms with Crippen molar-refractivity contribution in [3.05, 3.63) is 35.6 Å². The highest BCUT2D eigenvalue weighted by molar-refractivity contribution is 8.00. The number of benzene rings is 1.